The van der Waals surface area contributed by atoms with Gasteiger partial charge in [-0.05, 0) is 24.5 Å². The summed E-state index contributed by atoms with van der Waals surface area (Å²) in [6, 6.07) is 8.21. The molecule has 0 aliphatic carbocycles. The number of carbonyl (C=O) groups excluding carboxylic acids is 1. The minimum Gasteiger partial charge on any atom is -0.480 e. The largest absolute Gasteiger partial charge is 0.480 e. The number of carboxylic acid groups (broad SMARTS) is 1. The minimum atomic E-state index is -1.06. The molecule has 0 saturated carbocycles. The van der Waals surface area contributed by atoms with Crippen molar-refractivity contribution in [3.63, 3.8) is 0 Å². The van der Waals surface area contributed by atoms with E-state index in [2.05, 4.69) is 15.5 Å². The number of amides is 1. The van der Waals surface area contributed by atoms with E-state index >= 15 is 0 Å². The van der Waals surface area contributed by atoms with Gasteiger partial charge in [0, 0.05) is 0 Å². The maximum atomic E-state index is 12.1. The maximum Gasteiger partial charge on any atom is 0.326 e. The van der Waals surface area contributed by atoms with Gasteiger partial charge in [-0.1, -0.05) is 32.0 Å². The second-order valence-corrected chi connectivity index (χ2v) is 5.35. The molecule has 1 amide bonds. The molecule has 2 N–H and O–H groups in total. The van der Waals surface area contributed by atoms with Gasteiger partial charge in [-0.3, -0.25) is 4.79 Å². The predicted octanol–water partition coefficient (Wildman–Crippen LogP) is 1.50. The number of hydrogen-bond donors (Lipinski definition) is 2. The Kier molecular flexibility index (Phi) is 4.88. The minimum absolute atomic E-state index is 0.0823. The maximum absolute atomic E-state index is 12.1. The molecule has 0 bridgehead atoms. The van der Waals surface area contributed by atoms with Crippen molar-refractivity contribution in [2.75, 3.05) is 0 Å². The van der Waals surface area contributed by atoms with Crippen LogP contribution in [0.5, 0.6) is 0 Å². The molecule has 0 spiro atoms. The highest BCUT2D eigenvalue weighted by molar-refractivity contribution is 5.94. The van der Waals surface area contributed by atoms with Crippen molar-refractivity contribution in [2.45, 2.75) is 26.3 Å². The lowest BCUT2D eigenvalue weighted by molar-refractivity contribution is -0.139. The molecule has 0 aliphatic heterocycles. The summed E-state index contributed by atoms with van der Waals surface area (Å²) < 4.78 is 0. The number of benzene rings is 1. The first kappa shape index (κ1) is 15.7. The Morgan fingerprint density at radius 2 is 1.95 bits per heavy atom. The number of nitrogens with zero attached hydrogens (tertiary/aromatic N) is 3. The van der Waals surface area contributed by atoms with Crippen molar-refractivity contribution in [3.8, 4) is 5.69 Å². The second-order valence-electron chi connectivity index (χ2n) is 5.35. The first-order valence-corrected chi connectivity index (χ1v) is 6.99. The highest BCUT2D eigenvalue weighted by atomic mass is 16.4. The van der Waals surface area contributed by atoms with Crippen LogP contribution in [-0.2, 0) is 4.79 Å². The van der Waals surface area contributed by atoms with Crippen LogP contribution < -0.4 is 5.32 Å². The number of rotatable bonds is 6. The highest BCUT2D eigenvalue weighted by Crippen LogP contribution is 2.07. The van der Waals surface area contributed by atoms with Crippen LogP contribution in [0.1, 0.15) is 30.8 Å². The van der Waals surface area contributed by atoms with Gasteiger partial charge in [0.1, 0.15) is 6.04 Å². The summed E-state index contributed by atoms with van der Waals surface area (Å²) in [4.78, 5) is 24.6. The van der Waals surface area contributed by atoms with Crippen molar-refractivity contribution >= 4 is 11.9 Å². The van der Waals surface area contributed by atoms with Crippen LogP contribution in [0.4, 0.5) is 0 Å². The molecule has 0 unspecified atom stereocenters. The zero-order valence-electron chi connectivity index (χ0n) is 12.4. The van der Waals surface area contributed by atoms with Gasteiger partial charge in [-0.25, -0.2) is 4.79 Å². The smallest absolute Gasteiger partial charge is 0.326 e. The number of carboxylic acids is 1. The summed E-state index contributed by atoms with van der Waals surface area (Å²) in [5.41, 5.74) is 0.803. The molecule has 22 heavy (non-hydrogen) atoms. The van der Waals surface area contributed by atoms with Gasteiger partial charge < -0.3 is 10.4 Å². The van der Waals surface area contributed by atoms with Crippen LogP contribution in [-0.4, -0.2) is 38.0 Å². The molecule has 0 fully saturated rings. The van der Waals surface area contributed by atoms with Crippen molar-refractivity contribution in [2.24, 2.45) is 5.92 Å². The van der Waals surface area contributed by atoms with E-state index in [0.29, 0.717) is 6.42 Å². The molecular formula is C15H18N4O3. The van der Waals surface area contributed by atoms with Crippen LogP contribution in [0.3, 0.4) is 0 Å². The molecular weight excluding hydrogens is 284 g/mol. The predicted molar refractivity (Wildman–Crippen MR) is 79.7 cm³/mol. The summed E-state index contributed by atoms with van der Waals surface area (Å²) in [7, 11) is 0. The van der Waals surface area contributed by atoms with E-state index in [1.54, 1.807) is 12.1 Å². The molecule has 1 aromatic heterocycles. The van der Waals surface area contributed by atoms with E-state index in [1.807, 2.05) is 32.0 Å². The average molecular weight is 302 g/mol. The number of aromatic nitrogens is 3. The van der Waals surface area contributed by atoms with Gasteiger partial charge >= 0.3 is 5.97 Å². The van der Waals surface area contributed by atoms with Gasteiger partial charge in [0.15, 0.2) is 5.69 Å². The monoisotopic (exact) mass is 302 g/mol. The summed E-state index contributed by atoms with van der Waals surface area (Å²) in [5, 5.41) is 19.7. The van der Waals surface area contributed by atoms with Gasteiger partial charge in [0.25, 0.3) is 5.91 Å². The fraction of sp³-hybridized carbons (Fsp3) is 0.333. The Morgan fingerprint density at radius 3 is 2.55 bits per heavy atom. The molecule has 7 nitrogen and oxygen atoms in total. The van der Waals surface area contributed by atoms with E-state index in [-0.39, 0.29) is 11.6 Å². The van der Waals surface area contributed by atoms with Crippen LogP contribution in [0, 0.1) is 5.92 Å². The van der Waals surface area contributed by atoms with Crippen molar-refractivity contribution in [3.05, 3.63) is 42.2 Å². The third-order valence-electron chi connectivity index (χ3n) is 3.02. The van der Waals surface area contributed by atoms with Gasteiger partial charge in [-0.15, -0.1) is 5.10 Å². The van der Waals surface area contributed by atoms with Crippen molar-refractivity contribution in [1.82, 2.24) is 20.3 Å². The lowest BCUT2D eigenvalue weighted by Gasteiger charge is -2.15. The number of carbonyl (C=O) groups is 2. The fourth-order valence-electron chi connectivity index (χ4n) is 1.98. The fourth-order valence-corrected chi connectivity index (χ4v) is 1.98. The summed E-state index contributed by atoms with van der Waals surface area (Å²) in [6.45, 7) is 3.79. The molecule has 0 radical (unpaired) electrons. The van der Waals surface area contributed by atoms with Gasteiger partial charge in [-0.2, -0.15) is 9.90 Å². The van der Waals surface area contributed by atoms with Gasteiger partial charge in [0.2, 0.25) is 0 Å². The topological polar surface area (TPSA) is 97.1 Å². The number of aliphatic carboxylic acids is 1. The highest BCUT2D eigenvalue weighted by Gasteiger charge is 2.23. The zero-order valence-corrected chi connectivity index (χ0v) is 12.4. The second kappa shape index (κ2) is 6.84. The molecule has 0 aliphatic rings. The van der Waals surface area contributed by atoms with Crippen molar-refractivity contribution in [1.29, 1.82) is 0 Å². The van der Waals surface area contributed by atoms with Gasteiger partial charge in [0.05, 0.1) is 11.9 Å². The van der Waals surface area contributed by atoms with Crippen molar-refractivity contribution < 1.29 is 14.7 Å². The number of para-hydroxylation sites is 1. The Balaban J connectivity index is 2.10. The van der Waals surface area contributed by atoms with Crippen LogP contribution in [0.15, 0.2) is 36.5 Å². The number of nitrogens with one attached hydrogen (secondary N) is 1. The first-order chi connectivity index (χ1) is 10.5. The molecule has 7 heteroatoms. The lowest BCUT2D eigenvalue weighted by Crippen LogP contribution is -2.41. The zero-order chi connectivity index (χ0) is 16.1. The Bertz CT molecular complexity index is 652. The number of hydrogen-bond acceptors (Lipinski definition) is 4. The molecule has 0 saturated heterocycles. The lowest BCUT2D eigenvalue weighted by atomic mass is 10.0. The van der Waals surface area contributed by atoms with E-state index in [4.69, 9.17) is 5.11 Å². The Hall–Kier alpha value is -2.70. The first-order valence-electron chi connectivity index (χ1n) is 6.99. The molecule has 1 heterocycles. The molecule has 116 valence electrons. The summed E-state index contributed by atoms with van der Waals surface area (Å²) in [6.07, 6.45) is 1.67. The molecule has 1 atom stereocenters. The molecule has 2 aromatic rings. The average Bonchev–Trinajstić information content (AvgIpc) is 2.96. The van der Waals surface area contributed by atoms with Crippen LogP contribution in [0.2, 0.25) is 0 Å². The van der Waals surface area contributed by atoms with Crippen LogP contribution in [0.25, 0.3) is 5.69 Å². The molecule has 1 aromatic carbocycles. The summed E-state index contributed by atoms with van der Waals surface area (Å²) >= 11 is 0. The quantitative estimate of drug-likeness (QED) is 0.842. The van der Waals surface area contributed by atoms with E-state index < -0.39 is 17.9 Å². The van der Waals surface area contributed by atoms with E-state index in [9.17, 15) is 9.59 Å². The third kappa shape index (κ3) is 3.91. The van der Waals surface area contributed by atoms with E-state index in [0.717, 1.165) is 5.69 Å². The van der Waals surface area contributed by atoms with Crippen LogP contribution >= 0.6 is 0 Å². The standard InChI is InChI=1S/C15H18N4O3/c1-10(2)8-12(15(21)22)17-14(20)13-9-16-19(18-13)11-6-4-3-5-7-11/h3-7,9-10,12H,8H2,1-2H3,(H,17,20)(H,21,22)/t12-/m0/s1. The third-order valence-corrected chi connectivity index (χ3v) is 3.02. The van der Waals surface area contributed by atoms with E-state index in [1.165, 1.54) is 11.0 Å². The Morgan fingerprint density at radius 1 is 1.27 bits per heavy atom. The SMILES string of the molecule is CC(C)C[C@H](NC(=O)c1cnn(-c2ccccc2)n1)C(=O)O. The normalized spacial score (nSPS) is 12.1. The summed E-state index contributed by atoms with van der Waals surface area (Å²) in [5.74, 6) is -1.45. The Labute approximate surface area is 128 Å². The molecule has 2 rings (SSSR count).